The maximum absolute atomic E-state index is 6.19. The maximum atomic E-state index is 6.19. The molecule has 0 aliphatic rings. The lowest BCUT2D eigenvalue weighted by molar-refractivity contribution is 0.429. The highest BCUT2D eigenvalue weighted by molar-refractivity contribution is 5.83. The van der Waals surface area contributed by atoms with Gasteiger partial charge in [-0.2, -0.15) is 0 Å². The molecule has 0 amide bonds. The van der Waals surface area contributed by atoms with Crippen molar-refractivity contribution >= 4 is 10.8 Å². The van der Waals surface area contributed by atoms with Crippen LogP contribution in [0.15, 0.2) is 42.5 Å². The van der Waals surface area contributed by atoms with Crippen LogP contribution in [0, 0.1) is 0 Å². The first kappa shape index (κ1) is 12.1. The molecular weight excluding hydrogens is 208 g/mol. The molecular formula is C15H20N2. The lowest BCUT2D eigenvalue weighted by Crippen LogP contribution is -2.35. The summed E-state index contributed by atoms with van der Waals surface area (Å²) in [6.45, 7) is 4.02. The number of hydrogen-bond donors (Lipinski definition) is 2. The summed E-state index contributed by atoms with van der Waals surface area (Å²) in [6.07, 6.45) is 0.783. The van der Waals surface area contributed by atoms with Crippen LogP contribution in [0.4, 0.5) is 0 Å². The van der Waals surface area contributed by atoms with Gasteiger partial charge >= 0.3 is 0 Å². The lowest BCUT2D eigenvalue weighted by Gasteiger charge is -2.23. The Morgan fingerprint density at radius 3 is 2.35 bits per heavy atom. The van der Waals surface area contributed by atoms with Crippen molar-refractivity contribution in [2.75, 3.05) is 0 Å². The van der Waals surface area contributed by atoms with Crippen molar-refractivity contribution in [2.24, 2.45) is 11.5 Å². The summed E-state index contributed by atoms with van der Waals surface area (Å²) in [7, 11) is 0. The Balaban J connectivity index is 2.30. The molecule has 2 nitrogen and oxygen atoms in total. The van der Waals surface area contributed by atoms with Crippen molar-refractivity contribution in [3.63, 3.8) is 0 Å². The van der Waals surface area contributed by atoms with Crippen molar-refractivity contribution in [3.8, 4) is 0 Å². The summed E-state index contributed by atoms with van der Waals surface area (Å²) < 4.78 is 0. The molecule has 4 N–H and O–H groups in total. The fourth-order valence-electron chi connectivity index (χ4n) is 2.12. The molecule has 2 rings (SSSR count). The first-order valence-electron chi connectivity index (χ1n) is 5.99. The highest BCUT2D eigenvalue weighted by Crippen LogP contribution is 2.23. The molecule has 0 aliphatic carbocycles. The van der Waals surface area contributed by atoms with E-state index in [2.05, 4.69) is 30.3 Å². The largest absolute Gasteiger partial charge is 0.325 e. The van der Waals surface area contributed by atoms with Crippen molar-refractivity contribution in [1.29, 1.82) is 0 Å². The molecule has 17 heavy (non-hydrogen) atoms. The Kier molecular flexibility index (Phi) is 3.18. The van der Waals surface area contributed by atoms with Gasteiger partial charge in [0.1, 0.15) is 0 Å². The fraction of sp³-hybridized carbons (Fsp3) is 0.333. The van der Waals surface area contributed by atoms with E-state index in [1.54, 1.807) is 0 Å². The molecule has 2 aromatic carbocycles. The van der Waals surface area contributed by atoms with Crippen LogP contribution in [0.1, 0.15) is 31.9 Å². The first-order valence-corrected chi connectivity index (χ1v) is 5.99. The minimum atomic E-state index is -0.231. The maximum Gasteiger partial charge on any atom is 0.0312 e. The van der Waals surface area contributed by atoms with Gasteiger partial charge in [-0.05, 0) is 42.7 Å². The molecule has 2 heteroatoms. The van der Waals surface area contributed by atoms with Crippen molar-refractivity contribution in [3.05, 3.63) is 48.0 Å². The number of rotatable bonds is 3. The quantitative estimate of drug-likeness (QED) is 0.848. The van der Waals surface area contributed by atoms with E-state index in [4.69, 9.17) is 11.5 Å². The van der Waals surface area contributed by atoms with Gasteiger partial charge in [0.15, 0.2) is 0 Å². The summed E-state index contributed by atoms with van der Waals surface area (Å²) in [4.78, 5) is 0. The monoisotopic (exact) mass is 228 g/mol. The van der Waals surface area contributed by atoms with Crippen LogP contribution in [0.5, 0.6) is 0 Å². The van der Waals surface area contributed by atoms with E-state index in [1.165, 1.54) is 10.8 Å². The van der Waals surface area contributed by atoms with E-state index in [1.807, 2.05) is 26.0 Å². The Morgan fingerprint density at radius 2 is 1.71 bits per heavy atom. The summed E-state index contributed by atoms with van der Waals surface area (Å²) in [5, 5.41) is 2.48. The average Bonchev–Trinajstić information content (AvgIpc) is 2.26. The molecule has 0 spiro atoms. The molecule has 0 saturated carbocycles. The second kappa shape index (κ2) is 4.47. The van der Waals surface area contributed by atoms with Gasteiger partial charge in [-0.15, -0.1) is 0 Å². The topological polar surface area (TPSA) is 52.0 Å². The molecule has 90 valence electrons. The number of benzene rings is 2. The number of hydrogen-bond acceptors (Lipinski definition) is 2. The van der Waals surface area contributed by atoms with Crippen LogP contribution in [0.3, 0.4) is 0 Å². The molecule has 0 aliphatic heterocycles. The zero-order valence-corrected chi connectivity index (χ0v) is 10.5. The van der Waals surface area contributed by atoms with Gasteiger partial charge in [0, 0.05) is 11.6 Å². The minimum Gasteiger partial charge on any atom is -0.325 e. The number of fused-ring (bicyclic) bond motifs is 1. The molecule has 0 bridgehead atoms. The third-order valence-electron chi connectivity index (χ3n) is 2.95. The molecule has 0 fully saturated rings. The third kappa shape index (κ3) is 3.05. The second-order valence-corrected chi connectivity index (χ2v) is 5.41. The van der Waals surface area contributed by atoms with E-state index in [0.29, 0.717) is 0 Å². The highest BCUT2D eigenvalue weighted by atomic mass is 14.7. The number of nitrogens with two attached hydrogens (primary N) is 2. The van der Waals surface area contributed by atoms with Crippen molar-refractivity contribution in [2.45, 2.75) is 31.8 Å². The molecule has 2 aromatic rings. The Hall–Kier alpha value is -1.38. The summed E-state index contributed by atoms with van der Waals surface area (Å²) in [5.74, 6) is 0. The van der Waals surface area contributed by atoms with Crippen LogP contribution < -0.4 is 11.5 Å². The predicted octanol–water partition coefficient (Wildman–Crippen LogP) is 2.97. The van der Waals surface area contributed by atoms with Crippen molar-refractivity contribution in [1.82, 2.24) is 0 Å². The summed E-state index contributed by atoms with van der Waals surface area (Å²) in [5.41, 5.74) is 13.1. The minimum absolute atomic E-state index is 0.000365. The van der Waals surface area contributed by atoms with E-state index < -0.39 is 0 Å². The van der Waals surface area contributed by atoms with E-state index in [-0.39, 0.29) is 11.6 Å². The average molecular weight is 228 g/mol. The van der Waals surface area contributed by atoms with Gasteiger partial charge in [-0.1, -0.05) is 36.4 Å². The Bertz CT molecular complexity index is 512. The van der Waals surface area contributed by atoms with E-state index in [9.17, 15) is 0 Å². The zero-order chi connectivity index (χ0) is 12.5. The summed E-state index contributed by atoms with van der Waals surface area (Å²) >= 11 is 0. The fourth-order valence-corrected chi connectivity index (χ4v) is 2.12. The Labute approximate surface area is 103 Å². The van der Waals surface area contributed by atoms with Crippen LogP contribution in [0.25, 0.3) is 10.8 Å². The van der Waals surface area contributed by atoms with Gasteiger partial charge < -0.3 is 11.5 Å². The van der Waals surface area contributed by atoms with Gasteiger partial charge in [-0.3, -0.25) is 0 Å². The van der Waals surface area contributed by atoms with Gasteiger partial charge in [0.2, 0.25) is 0 Å². The van der Waals surface area contributed by atoms with Gasteiger partial charge in [0.05, 0.1) is 0 Å². The molecule has 0 aromatic heterocycles. The van der Waals surface area contributed by atoms with Gasteiger partial charge in [-0.25, -0.2) is 0 Å². The third-order valence-corrected chi connectivity index (χ3v) is 2.95. The van der Waals surface area contributed by atoms with Crippen LogP contribution in [0.2, 0.25) is 0 Å². The van der Waals surface area contributed by atoms with Crippen molar-refractivity contribution < 1.29 is 0 Å². The molecule has 0 saturated heterocycles. The smallest absolute Gasteiger partial charge is 0.0312 e. The second-order valence-electron chi connectivity index (χ2n) is 5.41. The zero-order valence-electron chi connectivity index (χ0n) is 10.5. The molecule has 0 heterocycles. The highest BCUT2D eigenvalue weighted by Gasteiger charge is 2.17. The van der Waals surface area contributed by atoms with Gasteiger partial charge in [0.25, 0.3) is 0 Å². The van der Waals surface area contributed by atoms with Crippen LogP contribution >= 0.6 is 0 Å². The standard InChI is InChI=1S/C15H20N2/c1-15(2,17)10-14(16)13-8-7-11-5-3-4-6-12(11)9-13/h3-9,14H,10,16-17H2,1-2H3. The Morgan fingerprint density at radius 1 is 1.06 bits per heavy atom. The predicted molar refractivity (Wildman–Crippen MR) is 73.8 cm³/mol. The molecule has 1 unspecified atom stereocenters. The summed E-state index contributed by atoms with van der Waals surface area (Å²) in [6, 6.07) is 14.7. The normalized spacial score (nSPS) is 13.9. The van der Waals surface area contributed by atoms with E-state index >= 15 is 0 Å². The first-order chi connectivity index (χ1) is 7.96. The van der Waals surface area contributed by atoms with Crippen LogP contribution in [-0.4, -0.2) is 5.54 Å². The SMILES string of the molecule is CC(C)(N)CC(N)c1ccc2ccccc2c1. The van der Waals surface area contributed by atoms with Crippen LogP contribution in [-0.2, 0) is 0 Å². The molecule has 0 radical (unpaired) electrons. The molecule has 1 atom stereocenters. The lowest BCUT2D eigenvalue weighted by atomic mass is 9.91. The van der Waals surface area contributed by atoms with E-state index in [0.717, 1.165) is 12.0 Å².